The van der Waals surface area contributed by atoms with Crippen molar-refractivity contribution in [2.45, 2.75) is 161 Å². The van der Waals surface area contributed by atoms with E-state index in [4.69, 9.17) is 42.6 Å². The number of cyclic esters (lactones) is 1. The Morgan fingerprint density at radius 3 is 2.05 bits per heavy atom. The third-order valence-electron chi connectivity index (χ3n) is 11.8. The van der Waals surface area contributed by atoms with Crippen LogP contribution >= 0.6 is 0 Å². The second-order valence-corrected chi connectivity index (χ2v) is 16.6. The molecule has 17 heteroatoms. The van der Waals surface area contributed by atoms with E-state index in [1.807, 2.05) is 19.9 Å². The minimum Gasteiger partial charge on any atom is -0.462 e. The Morgan fingerprint density at radius 2 is 1.48 bits per heavy atom. The first-order valence-electron chi connectivity index (χ1n) is 21.0. The molecule has 0 amide bonds. The number of allylic oxidation sites excluding steroid dienone is 3. The van der Waals surface area contributed by atoms with Crippen molar-refractivity contribution in [1.29, 1.82) is 0 Å². The summed E-state index contributed by atoms with van der Waals surface area (Å²) in [6, 6.07) is -0.712. The maximum Gasteiger partial charge on any atom is 0.308 e. The summed E-state index contributed by atoms with van der Waals surface area (Å²) in [7, 11) is 6.41. The topological polar surface area (TPSA) is 215 Å². The second-order valence-electron chi connectivity index (χ2n) is 16.6. The molecule has 2 saturated heterocycles. The number of rotatable bonds is 13. The van der Waals surface area contributed by atoms with Gasteiger partial charge in [0, 0.05) is 52.4 Å². The van der Waals surface area contributed by atoms with Gasteiger partial charge in [0.05, 0.1) is 43.5 Å². The molecule has 0 spiro atoms. The van der Waals surface area contributed by atoms with Gasteiger partial charge in [-0.1, -0.05) is 38.5 Å². The Kier molecular flexibility index (Phi) is 20.7. The highest BCUT2D eigenvalue weighted by atomic mass is 16.7. The zero-order valence-electron chi connectivity index (χ0n) is 37.4. The molecule has 0 aromatic carbocycles. The van der Waals surface area contributed by atoms with E-state index in [1.165, 1.54) is 34.1 Å². The number of hydrogen-bond donors (Lipinski definition) is 3. The summed E-state index contributed by atoms with van der Waals surface area (Å²) in [6.45, 7) is 12.8. The minimum atomic E-state index is -1.34. The molecular weight excluding hydrogens is 786 g/mol. The van der Waals surface area contributed by atoms with Crippen LogP contribution in [0.5, 0.6) is 0 Å². The molecule has 344 valence electrons. The molecule has 60 heavy (non-hydrogen) atoms. The number of carbonyl (C=O) groups is 4. The summed E-state index contributed by atoms with van der Waals surface area (Å²) >= 11 is 0. The van der Waals surface area contributed by atoms with Crippen LogP contribution in [0.4, 0.5) is 0 Å². The fourth-order valence-corrected chi connectivity index (χ4v) is 8.48. The summed E-state index contributed by atoms with van der Waals surface area (Å²) in [4.78, 5) is 53.9. The lowest BCUT2D eigenvalue weighted by molar-refractivity contribution is -0.308. The van der Waals surface area contributed by atoms with Gasteiger partial charge in [0.1, 0.15) is 30.5 Å². The highest BCUT2D eigenvalue weighted by Crippen LogP contribution is 2.36. The molecule has 3 heterocycles. The van der Waals surface area contributed by atoms with Gasteiger partial charge >= 0.3 is 17.9 Å². The molecule has 0 bridgehead atoms. The monoisotopic (exact) mass is 857 g/mol. The van der Waals surface area contributed by atoms with Crippen LogP contribution < -0.4 is 0 Å². The molecule has 17 nitrogen and oxygen atoms in total. The van der Waals surface area contributed by atoms with Crippen molar-refractivity contribution in [2.75, 3.05) is 41.5 Å². The molecule has 3 N–H and O–H groups in total. The lowest BCUT2D eigenvalue weighted by atomic mass is 9.79. The number of methoxy groups -OCH3 is 2. The molecule has 3 aliphatic heterocycles. The van der Waals surface area contributed by atoms with Crippen LogP contribution in [0, 0.1) is 23.7 Å². The van der Waals surface area contributed by atoms with E-state index in [1.54, 1.807) is 52.8 Å². The first-order valence-corrected chi connectivity index (χ1v) is 21.0. The molecule has 0 aromatic heterocycles. The summed E-state index contributed by atoms with van der Waals surface area (Å²) in [5, 5.41) is 32.7. The van der Waals surface area contributed by atoms with E-state index in [9.17, 15) is 34.5 Å². The van der Waals surface area contributed by atoms with Crippen LogP contribution in [0.15, 0.2) is 23.8 Å². The molecule has 0 radical (unpaired) electrons. The van der Waals surface area contributed by atoms with E-state index < -0.39 is 128 Å². The molecule has 3 rings (SSSR count). The largest absolute Gasteiger partial charge is 0.462 e. The number of ether oxygens (including phenoxy) is 9. The van der Waals surface area contributed by atoms with E-state index in [-0.39, 0.29) is 31.8 Å². The molecule has 0 aromatic rings. The Labute approximate surface area is 354 Å². The number of ketones is 1. The second kappa shape index (κ2) is 24.1. The summed E-state index contributed by atoms with van der Waals surface area (Å²) in [5.41, 5.74) is 0.696. The number of aliphatic hydroxyl groups excluding tert-OH is 3. The zero-order chi connectivity index (χ0) is 45.0. The maximum absolute atomic E-state index is 13.7. The average Bonchev–Trinajstić information content (AvgIpc) is 3.17. The predicted molar refractivity (Wildman–Crippen MR) is 216 cm³/mol. The molecule has 7 unspecified atom stereocenters. The van der Waals surface area contributed by atoms with E-state index >= 15 is 0 Å². The van der Waals surface area contributed by atoms with Crippen molar-refractivity contribution in [3.05, 3.63) is 23.8 Å². The Balaban J connectivity index is 2.02. The summed E-state index contributed by atoms with van der Waals surface area (Å²) < 4.78 is 53.9. The van der Waals surface area contributed by atoms with E-state index in [0.717, 1.165) is 0 Å². The van der Waals surface area contributed by atoms with Crippen molar-refractivity contribution in [3.63, 3.8) is 0 Å². The lowest BCUT2D eigenvalue weighted by Crippen LogP contribution is -2.65. The van der Waals surface area contributed by atoms with Crippen LogP contribution in [0.3, 0.4) is 0 Å². The maximum atomic E-state index is 13.7. The third kappa shape index (κ3) is 13.8. The summed E-state index contributed by atoms with van der Waals surface area (Å²) in [6.07, 6.45) is -5.64. The highest BCUT2D eigenvalue weighted by Gasteiger charge is 2.52. The molecule has 0 saturated carbocycles. The highest BCUT2D eigenvalue weighted by molar-refractivity contribution is 5.91. The van der Waals surface area contributed by atoms with Gasteiger partial charge in [-0.25, -0.2) is 0 Å². The number of aliphatic hydroxyl groups is 3. The van der Waals surface area contributed by atoms with Crippen LogP contribution in [0.1, 0.15) is 81.1 Å². The van der Waals surface area contributed by atoms with Gasteiger partial charge in [0.25, 0.3) is 0 Å². The average molecular weight is 858 g/mol. The van der Waals surface area contributed by atoms with Crippen molar-refractivity contribution in [1.82, 2.24) is 4.90 Å². The number of nitrogens with zero attached hydrogens (tertiary/aromatic N) is 1. The molecular formula is C43H71NO16. The number of likely N-dealkylation sites (N-methyl/N-ethyl adjacent to an activating group) is 1. The van der Waals surface area contributed by atoms with Crippen LogP contribution in [0.2, 0.25) is 0 Å². The Bertz CT molecular complexity index is 1460. The molecule has 2 fully saturated rings. The van der Waals surface area contributed by atoms with Gasteiger partial charge in [-0.05, 0) is 66.1 Å². The first-order chi connectivity index (χ1) is 28.3. The van der Waals surface area contributed by atoms with Crippen molar-refractivity contribution < 1.29 is 77.1 Å². The van der Waals surface area contributed by atoms with Crippen molar-refractivity contribution in [3.8, 4) is 0 Å². The van der Waals surface area contributed by atoms with Gasteiger partial charge < -0.3 is 58.0 Å². The molecule has 17 atom stereocenters. The van der Waals surface area contributed by atoms with Crippen LogP contribution in [-0.4, -0.2) is 165 Å². The van der Waals surface area contributed by atoms with Gasteiger partial charge in [0.15, 0.2) is 24.5 Å². The third-order valence-corrected chi connectivity index (χ3v) is 11.8. The van der Waals surface area contributed by atoms with Gasteiger partial charge in [-0.15, -0.1) is 0 Å². The van der Waals surface area contributed by atoms with Gasteiger partial charge in [0.2, 0.25) is 0 Å². The lowest BCUT2D eigenvalue weighted by Gasteiger charge is -2.48. The Hall–Kier alpha value is -2.84. The summed E-state index contributed by atoms with van der Waals surface area (Å²) in [5.74, 6) is -4.55. The fourth-order valence-electron chi connectivity index (χ4n) is 8.48. The number of esters is 3. The number of hydrogen-bond acceptors (Lipinski definition) is 17. The quantitative estimate of drug-likeness (QED) is 0.179. The smallest absolute Gasteiger partial charge is 0.308 e. The normalized spacial score (nSPS) is 40.3. The van der Waals surface area contributed by atoms with E-state index in [0.29, 0.717) is 12.0 Å². The fraction of sp³-hybridized carbons (Fsp3) is 0.814. The number of carbonyl (C=O) groups excluding carboxylic acids is 4. The zero-order valence-corrected chi connectivity index (χ0v) is 37.4. The van der Waals surface area contributed by atoms with Gasteiger partial charge in [-0.2, -0.15) is 0 Å². The SMILES string of the molecule is CC[C@H]1OC(=O)C[C@@H](O)[C@H](C)[C@@H](O[C@@H]2OC(C)[C@@H](OC(C)=O)C(N(C)C)C2OC(C)=O)[C@@H](CCO)C[C@@H](C)C(=O)/C=C/C(C)=C/C1CO[C@@H]1OC(C)[C@@H](O)C(OC)C1OC. The standard InChI is InChI=1S/C43H71NO16/c1-13-33-30(21-54-42-41(53-12)40(52-11)36(51)25(5)55-42)18-22(2)14-15-31(48)23(3)19-29(16-17-45)37(24(4)32(49)20-34(50)59-33)60-43-39(58-28(8)47)35(44(9)10)38(26(6)56-43)57-27(7)46/h14-15,18,23-26,29-30,32-33,35-43,45,49,51H,13,16-17,19-21H2,1-12H3/b15-14+,22-18+/t23-,24+,25?,26?,29+,30?,32-,33-,35?,36-,37-,38-,39?,40?,41?,42-,43+/m1/s1. The minimum absolute atomic E-state index is 0.00162. The van der Waals surface area contributed by atoms with Crippen molar-refractivity contribution >= 4 is 23.7 Å². The Morgan fingerprint density at radius 1 is 0.867 bits per heavy atom. The molecule has 0 aliphatic carbocycles. The van der Waals surface area contributed by atoms with Crippen LogP contribution in [-0.2, 0) is 61.8 Å². The van der Waals surface area contributed by atoms with Crippen molar-refractivity contribution in [2.24, 2.45) is 23.7 Å². The first kappa shape index (κ1) is 51.5. The predicted octanol–water partition coefficient (Wildman–Crippen LogP) is 2.50. The van der Waals surface area contributed by atoms with Crippen LogP contribution in [0.25, 0.3) is 0 Å². The van der Waals surface area contributed by atoms with Gasteiger partial charge in [-0.3, -0.25) is 24.1 Å². The molecule has 3 aliphatic rings. The van der Waals surface area contributed by atoms with E-state index in [2.05, 4.69) is 0 Å².